The van der Waals surface area contributed by atoms with Crippen LogP contribution in [0.3, 0.4) is 0 Å². The third-order valence-electron chi connectivity index (χ3n) is 10.3. The molecule has 0 radical (unpaired) electrons. The monoisotopic (exact) mass is 436 g/mol. The molecule has 8 atom stereocenters. The predicted molar refractivity (Wildman–Crippen MR) is 115 cm³/mol. The van der Waals surface area contributed by atoms with E-state index in [2.05, 4.69) is 12.2 Å². The number of carbonyl (C=O) groups is 4. The summed E-state index contributed by atoms with van der Waals surface area (Å²) in [5.74, 6) is -1.11. The first-order chi connectivity index (χ1) is 15.6. The van der Waals surface area contributed by atoms with Gasteiger partial charge in [0, 0.05) is 12.1 Å². The smallest absolute Gasteiger partial charge is 0.233 e. The molecule has 2 heterocycles. The van der Waals surface area contributed by atoms with Crippen LogP contribution in [0.2, 0.25) is 0 Å². The molecule has 8 rings (SSSR count). The van der Waals surface area contributed by atoms with Crippen molar-refractivity contribution in [2.75, 3.05) is 0 Å². The molecule has 2 aliphatic heterocycles. The van der Waals surface area contributed by atoms with Crippen LogP contribution in [0.4, 0.5) is 0 Å². The van der Waals surface area contributed by atoms with Gasteiger partial charge in [0.1, 0.15) is 0 Å². The molecular weight excluding hydrogens is 404 g/mol. The van der Waals surface area contributed by atoms with Gasteiger partial charge >= 0.3 is 0 Å². The van der Waals surface area contributed by atoms with E-state index in [4.69, 9.17) is 0 Å². The number of hydrogen-bond donors (Lipinski definition) is 0. The SMILES string of the molecule is O=C1[C@@H]2[C@H]3C=C[C@@H]([C@@H]2C(=O)N1C1CCCCC1)[C@@H]1[C@@H]2C(=O)N(C4CCCCC4)C(=O)[C@H]2[C@@H]31. The number of hydrogen-bond acceptors (Lipinski definition) is 4. The fourth-order valence-electron chi connectivity index (χ4n) is 9.05. The molecule has 4 saturated carbocycles. The number of rotatable bonds is 2. The maximum Gasteiger partial charge on any atom is 0.233 e. The van der Waals surface area contributed by atoms with Gasteiger partial charge < -0.3 is 0 Å². The Morgan fingerprint density at radius 3 is 1.22 bits per heavy atom. The van der Waals surface area contributed by atoms with Crippen molar-refractivity contribution in [1.82, 2.24) is 9.80 Å². The van der Waals surface area contributed by atoms with Gasteiger partial charge in [-0.2, -0.15) is 0 Å². The summed E-state index contributed by atoms with van der Waals surface area (Å²) in [6.07, 6.45) is 14.6. The van der Waals surface area contributed by atoms with Crippen LogP contribution >= 0.6 is 0 Å². The van der Waals surface area contributed by atoms with Crippen LogP contribution in [-0.4, -0.2) is 45.5 Å². The zero-order valence-electron chi connectivity index (χ0n) is 18.5. The van der Waals surface area contributed by atoms with Gasteiger partial charge in [-0.15, -0.1) is 0 Å². The Balaban J connectivity index is 1.20. The van der Waals surface area contributed by atoms with Crippen molar-refractivity contribution < 1.29 is 19.2 Å². The Bertz CT molecular complexity index is 874. The second-order valence-corrected chi connectivity index (χ2v) is 11.5. The van der Waals surface area contributed by atoms with Crippen LogP contribution < -0.4 is 0 Å². The van der Waals surface area contributed by atoms with Crippen LogP contribution in [-0.2, 0) is 19.2 Å². The molecule has 0 aromatic heterocycles. The third kappa shape index (κ3) is 2.27. The molecule has 8 aliphatic rings. The van der Waals surface area contributed by atoms with E-state index in [0.29, 0.717) is 0 Å². The highest BCUT2D eigenvalue weighted by Gasteiger charge is 2.75. The Hall–Kier alpha value is -1.98. The fourth-order valence-corrected chi connectivity index (χ4v) is 9.05. The number of amides is 4. The molecule has 6 nitrogen and oxygen atoms in total. The van der Waals surface area contributed by atoms with Crippen LogP contribution in [0.25, 0.3) is 0 Å². The summed E-state index contributed by atoms with van der Waals surface area (Å²) in [6, 6.07) is 0.113. The minimum atomic E-state index is -0.312. The Morgan fingerprint density at radius 2 is 0.844 bits per heavy atom. The normalized spacial score (nSPS) is 45.9. The van der Waals surface area contributed by atoms with E-state index in [9.17, 15) is 19.2 Å². The maximum atomic E-state index is 13.6. The van der Waals surface area contributed by atoms with Crippen molar-refractivity contribution in [2.45, 2.75) is 76.3 Å². The quantitative estimate of drug-likeness (QED) is 0.493. The lowest BCUT2D eigenvalue weighted by atomic mass is 9.40. The highest BCUT2D eigenvalue weighted by atomic mass is 16.2. The van der Waals surface area contributed by atoms with Crippen LogP contribution in [0.5, 0.6) is 0 Å². The highest BCUT2D eigenvalue weighted by Crippen LogP contribution is 2.68. The molecule has 6 heteroatoms. The van der Waals surface area contributed by atoms with Crippen LogP contribution in [0.15, 0.2) is 12.2 Å². The van der Waals surface area contributed by atoms with Gasteiger partial charge in [-0.05, 0) is 49.4 Å². The second kappa shape index (κ2) is 6.77. The van der Waals surface area contributed by atoms with Crippen LogP contribution in [0.1, 0.15) is 64.2 Å². The Kier molecular flexibility index (Phi) is 4.12. The molecule has 0 spiro atoms. The van der Waals surface area contributed by atoms with Crippen molar-refractivity contribution in [3.63, 3.8) is 0 Å². The lowest BCUT2D eigenvalue weighted by Crippen LogP contribution is -2.63. The summed E-state index contributed by atoms with van der Waals surface area (Å²) in [6.45, 7) is 0. The number of likely N-dealkylation sites (tertiary alicyclic amines) is 2. The van der Waals surface area contributed by atoms with Crippen molar-refractivity contribution >= 4 is 23.6 Å². The average molecular weight is 437 g/mol. The fraction of sp³-hybridized carbons (Fsp3) is 0.769. The van der Waals surface area contributed by atoms with Crippen molar-refractivity contribution in [3.8, 4) is 0 Å². The van der Waals surface area contributed by atoms with E-state index < -0.39 is 0 Å². The average Bonchev–Trinajstić information content (AvgIpc) is 3.19. The first kappa shape index (κ1) is 19.5. The minimum absolute atomic E-state index is 0.00839. The van der Waals surface area contributed by atoms with Gasteiger partial charge in [-0.3, -0.25) is 29.0 Å². The van der Waals surface area contributed by atoms with Gasteiger partial charge in [0.15, 0.2) is 0 Å². The first-order valence-electron chi connectivity index (χ1n) is 13.0. The molecular formula is C26H32N2O4. The van der Waals surface area contributed by atoms with Gasteiger partial charge in [0.25, 0.3) is 0 Å². The zero-order chi connectivity index (χ0) is 21.7. The lowest BCUT2D eigenvalue weighted by molar-refractivity contribution is -0.166. The van der Waals surface area contributed by atoms with Crippen LogP contribution in [0, 0.1) is 47.3 Å². The van der Waals surface area contributed by atoms with E-state index in [1.54, 1.807) is 9.80 Å². The molecule has 2 saturated heterocycles. The number of allylic oxidation sites excluding steroid dienone is 2. The van der Waals surface area contributed by atoms with E-state index in [-0.39, 0.29) is 83.1 Å². The standard InChI is InChI=1S/C26H32N2O4/c29-23-19-15-11-12-16(20(19)24(30)27(23)13-7-3-1-4-8-13)18-17(15)21-22(18)26(32)28(25(21)31)14-9-5-2-6-10-14/h11-22H,1-10H2/t15-,16+,17-,18-,19+,20-,21-,22-/m0/s1. The molecule has 32 heavy (non-hydrogen) atoms. The maximum absolute atomic E-state index is 13.6. The summed E-state index contributed by atoms with van der Waals surface area (Å²) in [5.41, 5.74) is 0. The number of nitrogens with zero attached hydrogens (tertiary/aromatic N) is 2. The number of carbonyl (C=O) groups excluding carboxylic acids is 4. The van der Waals surface area contributed by atoms with Gasteiger partial charge in [0.05, 0.1) is 23.7 Å². The number of imide groups is 2. The van der Waals surface area contributed by atoms with E-state index in [1.165, 1.54) is 12.8 Å². The molecule has 6 fully saturated rings. The molecule has 2 bridgehead atoms. The molecule has 0 aromatic carbocycles. The summed E-state index contributed by atoms with van der Waals surface area (Å²) in [4.78, 5) is 57.4. The molecule has 170 valence electrons. The summed E-state index contributed by atoms with van der Waals surface area (Å²) in [5, 5.41) is 0. The largest absolute Gasteiger partial charge is 0.279 e. The van der Waals surface area contributed by atoms with E-state index in [0.717, 1.165) is 51.4 Å². The molecule has 0 unspecified atom stereocenters. The Labute approximate surface area is 188 Å². The number of fused-ring (bicyclic) bond motifs is 1. The Morgan fingerprint density at radius 1 is 0.500 bits per heavy atom. The first-order valence-corrected chi connectivity index (χ1v) is 13.0. The van der Waals surface area contributed by atoms with Crippen molar-refractivity contribution in [2.24, 2.45) is 47.3 Å². The lowest BCUT2D eigenvalue weighted by Gasteiger charge is -2.60. The van der Waals surface area contributed by atoms with E-state index >= 15 is 0 Å². The summed E-state index contributed by atoms with van der Waals surface area (Å²) in [7, 11) is 0. The minimum Gasteiger partial charge on any atom is -0.279 e. The van der Waals surface area contributed by atoms with Crippen molar-refractivity contribution in [1.29, 1.82) is 0 Å². The predicted octanol–water partition coefficient (Wildman–Crippen LogP) is 2.92. The third-order valence-corrected chi connectivity index (χ3v) is 10.3. The molecule has 0 N–H and O–H groups in total. The molecule has 6 aliphatic carbocycles. The summed E-state index contributed by atoms with van der Waals surface area (Å²) >= 11 is 0. The zero-order valence-corrected chi connectivity index (χ0v) is 18.5. The van der Waals surface area contributed by atoms with Gasteiger partial charge in [-0.1, -0.05) is 50.7 Å². The summed E-state index contributed by atoms with van der Waals surface area (Å²) < 4.78 is 0. The van der Waals surface area contributed by atoms with Gasteiger partial charge in [0.2, 0.25) is 23.6 Å². The van der Waals surface area contributed by atoms with Gasteiger partial charge in [-0.25, -0.2) is 0 Å². The second-order valence-electron chi connectivity index (χ2n) is 11.5. The van der Waals surface area contributed by atoms with Crippen molar-refractivity contribution in [3.05, 3.63) is 12.2 Å². The molecule has 4 amide bonds. The topological polar surface area (TPSA) is 74.8 Å². The highest BCUT2D eigenvalue weighted by molar-refractivity contribution is 6.09. The molecule has 0 aromatic rings. The van der Waals surface area contributed by atoms with E-state index in [1.807, 2.05) is 0 Å².